The topological polar surface area (TPSA) is 12.0 Å². The Morgan fingerprint density at radius 3 is 2.00 bits per heavy atom. The Kier molecular flexibility index (Phi) is 3.90. The summed E-state index contributed by atoms with van der Waals surface area (Å²) in [5.41, 5.74) is 1.59. The van der Waals surface area contributed by atoms with Crippen molar-refractivity contribution in [2.75, 3.05) is 0 Å². The number of benzene rings is 1. The maximum Gasteiger partial charge on any atom is 0.0781 e. The fourth-order valence-electron chi connectivity index (χ4n) is 2.83. The lowest BCUT2D eigenvalue weighted by Crippen LogP contribution is -2.26. The van der Waals surface area contributed by atoms with E-state index >= 15 is 0 Å². The van der Waals surface area contributed by atoms with Gasteiger partial charge in [-0.3, -0.25) is 0 Å². The molecule has 1 aromatic carbocycles. The molecule has 1 fully saturated rings. The SMILES string of the molecule is CC(NC1C(C)(C)C1(C)C)c1ccc(Cl)c(Cl)c1Cl. The molecule has 0 bridgehead atoms. The Morgan fingerprint density at radius 1 is 1.00 bits per heavy atom. The number of rotatable bonds is 3. The smallest absolute Gasteiger partial charge is 0.0781 e. The minimum atomic E-state index is 0.147. The van der Waals surface area contributed by atoms with Gasteiger partial charge in [-0.05, 0) is 29.4 Å². The van der Waals surface area contributed by atoms with E-state index in [4.69, 9.17) is 34.8 Å². The zero-order valence-electron chi connectivity index (χ0n) is 11.9. The Bertz CT molecular complexity index is 494. The van der Waals surface area contributed by atoms with Crippen LogP contribution in [0.1, 0.15) is 46.2 Å². The first-order valence-electron chi connectivity index (χ1n) is 6.50. The van der Waals surface area contributed by atoms with Gasteiger partial charge in [-0.2, -0.15) is 0 Å². The number of hydrogen-bond acceptors (Lipinski definition) is 1. The van der Waals surface area contributed by atoms with E-state index in [2.05, 4.69) is 39.9 Å². The van der Waals surface area contributed by atoms with Gasteiger partial charge in [0.15, 0.2) is 0 Å². The average Bonchev–Trinajstić information content (AvgIpc) is 2.68. The second-order valence-electron chi connectivity index (χ2n) is 6.53. The summed E-state index contributed by atoms with van der Waals surface area (Å²) in [6.45, 7) is 11.2. The number of halogens is 3. The van der Waals surface area contributed by atoms with Gasteiger partial charge in [0.1, 0.15) is 0 Å². The van der Waals surface area contributed by atoms with Crippen molar-refractivity contribution in [3.63, 3.8) is 0 Å². The number of hydrogen-bond donors (Lipinski definition) is 1. The fourth-order valence-corrected chi connectivity index (χ4v) is 3.53. The molecule has 0 aliphatic heterocycles. The third kappa shape index (κ3) is 2.40. The molecular weight excluding hydrogens is 301 g/mol. The van der Waals surface area contributed by atoms with Crippen LogP contribution < -0.4 is 5.32 Å². The molecule has 0 heterocycles. The summed E-state index contributed by atoms with van der Waals surface area (Å²) in [6, 6.07) is 4.36. The van der Waals surface area contributed by atoms with E-state index in [-0.39, 0.29) is 6.04 Å². The lowest BCUT2D eigenvalue weighted by Gasteiger charge is -2.18. The quantitative estimate of drug-likeness (QED) is 0.701. The predicted molar refractivity (Wildman–Crippen MR) is 84.4 cm³/mol. The maximum absolute atomic E-state index is 6.28. The van der Waals surface area contributed by atoms with Crippen molar-refractivity contribution in [2.45, 2.75) is 46.7 Å². The fraction of sp³-hybridized carbons (Fsp3) is 0.600. The molecule has 1 nitrogen and oxygen atoms in total. The van der Waals surface area contributed by atoms with Gasteiger partial charge >= 0.3 is 0 Å². The number of nitrogens with one attached hydrogen (secondary N) is 1. The lowest BCUT2D eigenvalue weighted by molar-refractivity contribution is 0.457. The standard InChI is InChI=1S/C15H20Cl3N/c1-8(19-13-14(2,3)15(13,4)5)9-6-7-10(16)12(18)11(9)17/h6-8,13,19H,1-5H3. The lowest BCUT2D eigenvalue weighted by atomic mass is 10.0. The molecule has 19 heavy (non-hydrogen) atoms. The molecule has 1 atom stereocenters. The highest BCUT2D eigenvalue weighted by molar-refractivity contribution is 6.48. The van der Waals surface area contributed by atoms with Crippen LogP contribution in [0.4, 0.5) is 0 Å². The summed E-state index contributed by atoms with van der Waals surface area (Å²) in [5, 5.41) is 5.13. The van der Waals surface area contributed by atoms with Gasteiger partial charge in [-0.25, -0.2) is 0 Å². The van der Waals surface area contributed by atoms with Crippen molar-refractivity contribution in [2.24, 2.45) is 10.8 Å². The molecule has 0 spiro atoms. The molecule has 4 heteroatoms. The summed E-state index contributed by atoms with van der Waals surface area (Å²) < 4.78 is 0. The van der Waals surface area contributed by atoms with Crippen molar-refractivity contribution in [1.82, 2.24) is 5.32 Å². The summed E-state index contributed by atoms with van der Waals surface area (Å²) in [6.07, 6.45) is 0. The average molecular weight is 321 g/mol. The minimum absolute atomic E-state index is 0.147. The van der Waals surface area contributed by atoms with Gasteiger partial charge in [0, 0.05) is 12.1 Å². The Hall–Kier alpha value is 0.0500. The molecule has 0 saturated heterocycles. The first-order valence-corrected chi connectivity index (χ1v) is 7.63. The van der Waals surface area contributed by atoms with E-state index in [0.717, 1.165) is 5.56 Å². The predicted octanol–water partition coefficient (Wildman–Crippen LogP) is 5.73. The molecule has 1 unspecified atom stereocenters. The van der Waals surface area contributed by atoms with E-state index in [1.807, 2.05) is 6.07 Å². The van der Waals surface area contributed by atoms with Gasteiger partial charge in [-0.1, -0.05) is 68.6 Å². The van der Waals surface area contributed by atoms with Gasteiger partial charge in [0.05, 0.1) is 15.1 Å². The van der Waals surface area contributed by atoms with Crippen LogP contribution in [-0.2, 0) is 0 Å². The molecule has 2 rings (SSSR count). The summed E-state index contributed by atoms with van der Waals surface area (Å²) >= 11 is 18.3. The highest BCUT2D eigenvalue weighted by Crippen LogP contribution is 2.63. The van der Waals surface area contributed by atoms with Crippen molar-refractivity contribution in [3.8, 4) is 0 Å². The monoisotopic (exact) mass is 319 g/mol. The van der Waals surface area contributed by atoms with E-state index in [1.165, 1.54) is 0 Å². The third-order valence-corrected chi connectivity index (χ3v) is 6.28. The van der Waals surface area contributed by atoms with Crippen LogP contribution in [0.3, 0.4) is 0 Å². The third-order valence-electron chi connectivity index (χ3n) is 4.97. The van der Waals surface area contributed by atoms with Crippen molar-refractivity contribution in [1.29, 1.82) is 0 Å². The molecule has 0 aromatic heterocycles. The van der Waals surface area contributed by atoms with Crippen molar-refractivity contribution < 1.29 is 0 Å². The van der Waals surface area contributed by atoms with E-state index in [0.29, 0.717) is 31.9 Å². The largest absolute Gasteiger partial charge is 0.306 e. The van der Waals surface area contributed by atoms with Crippen molar-refractivity contribution >= 4 is 34.8 Å². The zero-order chi connectivity index (χ0) is 14.6. The molecule has 1 aliphatic rings. The Labute approximate surface area is 130 Å². The van der Waals surface area contributed by atoms with Gasteiger partial charge in [0.2, 0.25) is 0 Å². The Morgan fingerprint density at radius 2 is 1.53 bits per heavy atom. The van der Waals surface area contributed by atoms with Crippen LogP contribution in [0.5, 0.6) is 0 Å². The van der Waals surface area contributed by atoms with Crippen LogP contribution in [0.15, 0.2) is 12.1 Å². The normalized spacial score (nSPS) is 22.3. The highest BCUT2D eigenvalue weighted by Gasteiger charge is 2.64. The van der Waals surface area contributed by atoms with Crippen LogP contribution in [-0.4, -0.2) is 6.04 Å². The van der Waals surface area contributed by atoms with E-state index in [9.17, 15) is 0 Å². The molecule has 1 aliphatic carbocycles. The maximum atomic E-state index is 6.28. The first-order chi connectivity index (χ1) is 8.60. The molecule has 1 N–H and O–H groups in total. The highest BCUT2D eigenvalue weighted by atomic mass is 35.5. The van der Waals surface area contributed by atoms with E-state index in [1.54, 1.807) is 6.07 Å². The first kappa shape index (κ1) is 15.4. The van der Waals surface area contributed by atoms with Gasteiger partial charge in [0.25, 0.3) is 0 Å². The Balaban J connectivity index is 2.19. The molecule has 0 amide bonds. The van der Waals surface area contributed by atoms with Crippen LogP contribution in [0.2, 0.25) is 15.1 Å². The molecule has 1 saturated carbocycles. The van der Waals surface area contributed by atoms with Crippen molar-refractivity contribution in [3.05, 3.63) is 32.8 Å². The van der Waals surface area contributed by atoms with Gasteiger partial charge < -0.3 is 5.32 Å². The summed E-state index contributed by atoms with van der Waals surface area (Å²) in [4.78, 5) is 0. The van der Waals surface area contributed by atoms with Gasteiger partial charge in [-0.15, -0.1) is 0 Å². The summed E-state index contributed by atoms with van der Waals surface area (Å²) in [5.74, 6) is 0. The molecule has 106 valence electrons. The van der Waals surface area contributed by atoms with Crippen LogP contribution >= 0.6 is 34.8 Å². The summed E-state index contributed by atoms with van der Waals surface area (Å²) in [7, 11) is 0. The van der Waals surface area contributed by atoms with E-state index < -0.39 is 0 Å². The van der Waals surface area contributed by atoms with Crippen LogP contribution in [0, 0.1) is 10.8 Å². The molecular formula is C15H20Cl3N. The molecule has 0 radical (unpaired) electrons. The molecule has 1 aromatic rings. The second-order valence-corrected chi connectivity index (χ2v) is 7.69. The zero-order valence-corrected chi connectivity index (χ0v) is 14.2. The van der Waals surface area contributed by atoms with Crippen LogP contribution in [0.25, 0.3) is 0 Å². The second kappa shape index (κ2) is 4.80. The minimum Gasteiger partial charge on any atom is -0.306 e.